The molecule has 21 heavy (non-hydrogen) atoms. The lowest BCUT2D eigenvalue weighted by Crippen LogP contribution is -2.33. The lowest BCUT2D eigenvalue weighted by molar-refractivity contribution is -0.385. The van der Waals surface area contributed by atoms with Crippen molar-refractivity contribution in [2.24, 2.45) is 16.3 Å². The smallest absolute Gasteiger partial charge is 0.271 e. The van der Waals surface area contributed by atoms with Gasteiger partial charge in [-0.1, -0.05) is 19.0 Å². The van der Waals surface area contributed by atoms with Crippen LogP contribution in [0.2, 0.25) is 0 Å². The predicted molar refractivity (Wildman–Crippen MR) is 85.8 cm³/mol. The minimum absolute atomic E-state index is 0.0434. The van der Waals surface area contributed by atoms with E-state index in [2.05, 4.69) is 37.0 Å². The molecular formula is C12H15Br2N3O4. The highest BCUT2D eigenvalue weighted by Crippen LogP contribution is 2.37. The number of non-ortho nitro benzene ring substituents is 1. The number of rotatable bonds is 6. The summed E-state index contributed by atoms with van der Waals surface area (Å²) in [6.45, 7) is 3.95. The molecule has 0 bridgehead atoms. The fourth-order valence-electron chi connectivity index (χ4n) is 1.46. The van der Waals surface area contributed by atoms with Crippen molar-refractivity contribution in [2.45, 2.75) is 20.3 Å². The van der Waals surface area contributed by atoms with E-state index < -0.39 is 10.3 Å². The molecule has 0 saturated carbocycles. The van der Waals surface area contributed by atoms with Crippen molar-refractivity contribution >= 4 is 43.4 Å². The zero-order valence-corrected chi connectivity index (χ0v) is 14.6. The van der Waals surface area contributed by atoms with Gasteiger partial charge in [-0.3, -0.25) is 10.1 Å². The Hall–Kier alpha value is -1.35. The Morgan fingerprint density at radius 3 is 2.43 bits per heavy atom. The maximum absolute atomic E-state index is 10.7. The third-order valence-corrected chi connectivity index (χ3v) is 4.15. The van der Waals surface area contributed by atoms with Gasteiger partial charge in [-0.2, -0.15) is 0 Å². The van der Waals surface area contributed by atoms with Crippen molar-refractivity contribution in [1.29, 1.82) is 0 Å². The van der Waals surface area contributed by atoms with Crippen molar-refractivity contribution < 1.29 is 14.9 Å². The van der Waals surface area contributed by atoms with E-state index >= 15 is 0 Å². The van der Waals surface area contributed by atoms with Crippen LogP contribution in [0, 0.1) is 15.5 Å². The Labute approximate surface area is 138 Å². The zero-order valence-electron chi connectivity index (χ0n) is 11.5. The summed E-state index contributed by atoms with van der Waals surface area (Å²) in [5.74, 6) is 0.587. The van der Waals surface area contributed by atoms with Gasteiger partial charge in [0.15, 0.2) is 0 Å². The van der Waals surface area contributed by atoms with Crippen molar-refractivity contribution in [3.63, 3.8) is 0 Å². The fraction of sp³-hybridized carbons (Fsp3) is 0.417. The van der Waals surface area contributed by atoms with Gasteiger partial charge in [0, 0.05) is 17.5 Å². The van der Waals surface area contributed by atoms with Crippen LogP contribution in [0.1, 0.15) is 20.3 Å². The number of nitro groups is 1. The summed E-state index contributed by atoms with van der Waals surface area (Å²) in [4.78, 5) is 10.3. The van der Waals surface area contributed by atoms with E-state index in [-0.39, 0.29) is 11.5 Å². The largest absolute Gasteiger partial charge is 0.491 e. The van der Waals surface area contributed by atoms with Crippen LogP contribution in [0.5, 0.6) is 5.75 Å². The molecule has 0 spiro atoms. The van der Waals surface area contributed by atoms with Crippen molar-refractivity contribution in [1.82, 2.24) is 0 Å². The highest BCUT2D eigenvalue weighted by Gasteiger charge is 2.24. The molecule has 0 aliphatic carbocycles. The highest BCUT2D eigenvalue weighted by atomic mass is 79.9. The lowest BCUT2D eigenvalue weighted by Gasteiger charge is -2.23. The van der Waals surface area contributed by atoms with Crippen molar-refractivity contribution in [2.75, 3.05) is 6.61 Å². The first-order valence-electron chi connectivity index (χ1n) is 5.93. The maximum Gasteiger partial charge on any atom is 0.271 e. The number of ether oxygens (including phenoxy) is 1. The van der Waals surface area contributed by atoms with E-state index in [4.69, 9.17) is 15.7 Å². The van der Waals surface area contributed by atoms with Crippen LogP contribution < -0.4 is 10.5 Å². The second-order valence-electron chi connectivity index (χ2n) is 4.96. The van der Waals surface area contributed by atoms with Crippen LogP contribution in [0.3, 0.4) is 0 Å². The lowest BCUT2D eigenvalue weighted by atomic mass is 9.88. The summed E-state index contributed by atoms with van der Waals surface area (Å²) >= 11 is 6.48. The number of hydrogen-bond donors (Lipinski definition) is 2. The quantitative estimate of drug-likeness (QED) is 0.238. The van der Waals surface area contributed by atoms with Gasteiger partial charge < -0.3 is 15.7 Å². The van der Waals surface area contributed by atoms with Gasteiger partial charge in [-0.05, 0) is 38.3 Å². The van der Waals surface area contributed by atoms with E-state index in [9.17, 15) is 10.1 Å². The molecule has 1 aromatic carbocycles. The molecule has 0 aliphatic heterocycles. The summed E-state index contributed by atoms with van der Waals surface area (Å²) in [6.07, 6.45) is 0.513. The van der Waals surface area contributed by atoms with Gasteiger partial charge in [0.25, 0.3) is 5.69 Å². The molecule has 7 nitrogen and oxygen atoms in total. The third-order valence-electron chi connectivity index (χ3n) is 2.97. The number of hydrogen-bond acceptors (Lipinski definition) is 5. The summed E-state index contributed by atoms with van der Waals surface area (Å²) < 4.78 is 6.58. The Morgan fingerprint density at radius 2 is 2.00 bits per heavy atom. The van der Waals surface area contributed by atoms with Gasteiger partial charge in [-0.25, -0.2) is 0 Å². The molecule has 0 fully saturated rings. The average molecular weight is 425 g/mol. The van der Waals surface area contributed by atoms with E-state index in [1.54, 1.807) is 0 Å². The van der Waals surface area contributed by atoms with Crippen LogP contribution in [0.25, 0.3) is 0 Å². The van der Waals surface area contributed by atoms with Crippen LogP contribution >= 0.6 is 31.9 Å². The highest BCUT2D eigenvalue weighted by molar-refractivity contribution is 9.11. The van der Waals surface area contributed by atoms with Crippen LogP contribution in [-0.2, 0) is 0 Å². The molecule has 0 amide bonds. The Balaban J connectivity index is 2.80. The second-order valence-corrected chi connectivity index (χ2v) is 6.67. The number of nitrogens with zero attached hydrogens (tertiary/aromatic N) is 2. The predicted octanol–water partition coefficient (Wildman–Crippen LogP) is 3.66. The summed E-state index contributed by atoms with van der Waals surface area (Å²) in [5, 5.41) is 22.4. The van der Waals surface area contributed by atoms with E-state index in [1.807, 2.05) is 13.8 Å². The fourth-order valence-corrected chi connectivity index (χ4v) is 2.85. The molecule has 0 unspecified atom stereocenters. The first kappa shape index (κ1) is 17.7. The van der Waals surface area contributed by atoms with E-state index in [0.717, 1.165) is 0 Å². The molecular weight excluding hydrogens is 410 g/mol. The molecule has 116 valence electrons. The molecule has 0 aromatic heterocycles. The maximum atomic E-state index is 10.7. The second kappa shape index (κ2) is 7.08. The molecule has 0 saturated heterocycles. The minimum Gasteiger partial charge on any atom is -0.491 e. The van der Waals surface area contributed by atoms with Crippen molar-refractivity contribution in [3.05, 3.63) is 31.2 Å². The van der Waals surface area contributed by atoms with Gasteiger partial charge in [0.2, 0.25) is 0 Å². The van der Waals surface area contributed by atoms with Gasteiger partial charge in [0.05, 0.1) is 20.5 Å². The normalized spacial score (nSPS) is 12.3. The number of nitrogens with two attached hydrogens (primary N) is 1. The van der Waals surface area contributed by atoms with Crippen LogP contribution in [0.15, 0.2) is 26.2 Å². The zero-order chi connectivity index (χ0) is 16.2. The van der Waals surface area contributed by atoms with Gasteiger partial charge in [0.1, 0.15) is 11.6 Å². The molecule has 0 atom stereocenters. The van der Waals surface area contributed by atoms with Crippen LogP contribution in [0.4, 0.5) is 5.69 Å². The molecule has 0 heterocycles. The first-order valence-corrected chi connectivity index (χ1v) is 7.52. The number of benzene rings is 1. The average Bonchev–Trinajstić information content (AvgIpc) is 2.40. The Kier molecular flexibility index (Phi) is 5.97. The summed E-state index contributed by atoms with van der Waals surface area (Å²) in [6, 6.07) is 2.74. The first-order chi connectivity index (χ1) is 9.69. The molecule has 3 N–H and O–H groups in total. The number of amidine groups is 1. The number of oxime groups is 1. The minimum atomic E-state index is -0.519. The molecule has 0 aliphatic rings. The molecule has 9 heteroatoms. The standard InChI is InChI=1S/C12H15Br2N3O4/c1-12(2,11(15)16-18)3-4-21-10-8(13)5-7(17(19)20)6-9(10)14/h5-6,18H,3-4H2,1-2H3,(H2,15,16). The van der Waals surface area contributed by atoms with Crippen molar-refractivity contribution in [3.8, 4) is 5.75 Å². The Bertz CT molecular complexity index is 553. The summed E-state index contributed by atoms with van der Waals surface area (Å²) in [7, 11) is 0. The monoisotopic (exact) mass is 423 g/mol. The van der Waals surface area contributed by atoms with Crippen LogP contribution in [-0.4, -0.2) is 22.6 Å². The number of nitro benzene ring substituents is 1. The van der Waals surface area contributed by atoms with Gasteiger partial charge >= 0.3 is 0 Å². The Morgan fingerprint density at radius 1 is 1.48 bits per heavy atom. The third kappa shape index (κ3) is 4.57. The number of halogens is 2. The summed E-state index contributed by atoms with van der Waals surface area (Å²) in [5.41, 5.74) is 5.03. The topological polar surface area (TPSA) is 111 Å². The molecule has 0 radical (unpaired) electrons. The van der Waals surface area contributed by atoms with E-state index in [0.29, 0.717) is 27.7 Å². The SMILES string of the molecule is CC(C)(CCOc1c(Br)cc([N+](=O)[O-])cc1Br)C(N)=NO. The van der Waals surface area contributed by atoms with Gasteiger partial charge in [-0.15, -0.1) is 0 Å². The molecule has 1 rings (SSSR count). The molecule has 1 aromatic rings. The van der Waals surface area contributed by atoms with E-state index in [1.165, 1.54) is 12.1 Å².